The summed E-state index contributed by atoms with van der Waals surface area (Å²) in [4.78, 5) is 29.2. The summed E-state index contributed by atoms with van der Waals surface area (Å²) in [6.45, 7) is 0. The highest BCUT2D eigenvalue weighted by atomic mass is 32.1. The maximum Gasteiger partial charge on any atom is 0.270 e. The van der Waals surface area contributed by atoms with E-state index in [-0.39, 0.29) is 23.9 Å². The third-order valence-electron chi connectivity index (χ3n) is 4.30. The Morgan fingerprint density at radius 1 is 1.19 bits per heavy atom. The minimum absolute atomic E-state index is 0.154. The minimum Gasteiger partial charge on any atom is -0.348 e. The van der Waals surface area contributed by atoms with Crippen LogP contribution in [-0.4, -0.2) is 33.0 Å². The number of thiazole rings is 1. The fourth-order valence-electron chi connectivity index (χ4n) is 2.71. The molecule has 0 unspecified atom stereocenters. The fourth-order valence-corrected chi connectivity index (χ4v) is 3.56. The fraction of sp³-hybridized carbons (Fsp3) is 0.263. The summed E-state index contributed by atoms with van der Waals surface area (Å²) in [6, 6.07) is 11.4. The van der Waals surface area contributed by atoms with E-state index >= 15 is 0 Å². The summed E-state index contributed by atoms with van der Waals surface area (Å²) < 4.78 is 0. The Bertz CT molecular complexity index is 919. The predicted molar refractivity (Wildman–Crippen MR) is 102 cm³/mol. The summed E-state index contributed by atoms with van der Waals surface area (Å²) in [5.74, 6) is -0.411. The molecule has 1 fully saturated rings. The maximum absolute atomic E-state index is 12.5. The molecule has 2 aromatic heterocycles. The topological polar surface area (TPSA) is 99.8 Å². The van der Waals surface area contributed by atoms with Crippen molar-refractivity contribution in [1.29, 1.82) is 0 Å². The molecule has 0 bridgehead atoms. The molecule has 3 aromatic rings. The quantitative estimate of drug-likeness (QED) is 0.585. The van der Waals surface area contributed by atoms with Crippen LogP contribution in [0.15, 0.2) is 48.0 Å². The minimum atomic E-state index is -0.337. The molecule has 1 aliphatic rings. The van der Waals surface area contributed by atoms with E-state index in [4.69, 9.17) is 0 Å². The Morgan fingerprint density at radius 3 is 2.70 bits per heavy atom. The van der Waals surface area contributed by atoms with Crippen molar-refractivity contribution in [3.05, 3.63) is 69.9 Å². The Labute approximate surface area is 160 Å². The molecule has 138 valence electrons. The Morgan fingerprint density at radius 2 is 2.00 bits per heavy atom. The molecule has 0 aliphatic heterocycles. The number of aromatic amines is 1. The molecule has 8 heteroatoms. The van der Waals surface area contributed by atoms with E-state index in [1.165, 1.54) is 17.5 Å². The molecule has 1 aliphatic carbocycles. The van der Waals surface area contributed by atoms with Crippen LogP contribution in [-0.2, 0) is 6.42 Å². The third kappa shape index (κ3) is 4.40. The maximum atomic E-state index is 12.5. The number of hydrogen-bond donors (Lipinski definition) is 3. The molecule has 0 spiro atoms. The second-order valence-corrected chi connectivity index (χ2v) is 7.39. The molecule has 2 heterocycles. The number of carbonyl (C=O) groups excluding carboxylic acids is 2. The van der Waals surface area contributed by atoms with Gasteiger partial charge in [0.05, 0.1) is 6.04 Å². The number of hydrogen-bond acceptors (Lipinski definition) is 5. The number of H-pyrrole nitrogens is 1. The van der Waals surface area contributed by atoms with Crippen LogP contribution in [0.2, 0.25) is 0 Å². The van der Waals surface area contributed by atoms with Gasteiger partial charge in [-0.3, -0.25) is 14.7 Å². The van der Waals surface area contributed by atoms with Gasteiger partial charge in [-0.15, -0.1) is 11.3 Å². The normalized spacial score (nSPS) is 14.5. The van der Waals surface area contributed by atoms with Crippen molar-refractivity contribution >= 4 is 23.2 Å². The average Bonchev–Trinajstić information content (AvgIpc) is 3.16. The number of amides is 2. The molecule has 1 atom stereocenters. The summed E-state index contributed by atoms with van der Waals surface area (Å²) >= 11 is 1.38. The molecular weight excluding hydrogens is 362 g/mol. The van der Waals surface area contributed by atoms with E-state index in [1.807, 2.05) is 30.3 Å². The van der Waals surface area contributed by atoms with Gasteiger partial charge in [0.25, 0.3) is 11.8 Å². The van der Waals surface area contributed by atoms with E-state index < -0.39 is 0 Å². The largest absolute Gasteiger partial charge is 0.348 e. The van der Waals surface area contributed by atoms with E-state index in [9.17, 15) is 9.59 Å². The molecule has 0 saturated heterocycles. The van der Waals surface area contributed by atoms with Crippen molar-refractivity contribution in [3.63, 3.8) is 0 Å². The zero-order valence-electron chi connectivity index (χ0n) is 14.5. The lowest BCUT2D eigenvalue weighted by Crippen LogP contribution is -2.30. The van der Waals surface area contributed by atoms with E-state index in [0.717, 1.165) is 18.4 Å². The number of benzene rings is 1. The van der Waals surface area contributed by atoms with Crippen LogP contribution in [0.1, 0.15) is 50.4 Å². The third-order valence-corrected chi connectivity index (χ3v) is 5.26. The van der Waals surface area contributed by atoms with Crippen molar-refractivity contribution in [2.24, 2.45) is 0 Å². The molecule has 1 saturated carbocycles. The Kier molecular flexibility index (Phi) is 4.97. The lowest BCUT2D eigenvalue weighted by Gasteiger charge is -2.16. The molecular formula is C19H19N5O2S. The van der Waals surface area contributed by atoms with Gasteiger partial charge in [0.15, 0.2) is 0 Å². The highest BCUT2D eigenvalue weighted by Gasteiger charge is 2.26. The van der Waals surface area contributed by atoms with Crippen molar-refractivity contribution in [3.8, 4) is 0 Å². The summed E-state index contributed by atoms with van der Waals surface area (Å²) in [6.07, 6.45) is 4.17. The highest BCUT2D eigenvalue weighted by Crippen LogP contribution is 2.24. The Hall–Kier alpha value is -3.00. The first-order valence-corrected chi connectivity index (χ1v) is 9.67. The number of nitrogens with zero attached hydrogens (tertiary/aromatic N) is 2. The first-order valence-electron chi connectivity index (χ1n) is 8.79. The molecule has 3 N–H and O–H groups in total. The summed E-state index contributed by atoms with van der Waals surface area (Å²) in [5.41, 5.74) is 1.86. The number of carbonyl (C=O) groups is 2. The molecule has 27 heavy (non-hydrogen) atoms. The van der Waals surface area contributed by atoms with Crippen LogP contribution in [0.5, 0.6) is 0 Å². The van der Waals surface area contributed by atoms with Crippen molar-refractivity contribution in [2.45, 2.75) is 31.3 Å². The summed E-state index contributed by atoms with van der Waals surface area (Å²) in [5, 5.41) is 14.9. The lowest BCUT2D eigenvalue weighted by molar-refractivity contribution is 0.0930. The molecule has 0 radical (unpaired) electrons. The van der Waals surface area contributed by atoms with E-state index in [0.29, 0.717) is 22.8 Å². The monoisotopic (exact) mass is 381 g/mol. The van der Waals surface area contributed by atoms with Crippen molar-refractivity contribution < 1.29 is 9.59 Å². The second-order valence-electron chi connectivity index (χ2n) is 6.50. The number of aromatic nitrogens is 3. The van der Waals surface area contributed by atoms with Crippen LogP contribution < -0.4 is 10.6 Å². The van der Waals surface area contributed by atoms with Crippen LogP contribution >= 0.6 is 11.3 Å². The molecule has 4 rings (SSSR count). The van der Waals surface area contributed by atoms with Gasteiger partial charge in [0.2, 0.25) is 0 Å². The summed E-state index contributed by atoms with van der Waals surface area (Å²) in [7, 11) is 0. The van der Waals surface area contributed by atoms with Gasteiger partial charge >= 0.3 is 0 Å². The van der Waals surface area contributed by atoms with Crippen molar-refractivity contribution in [1.82, 2.24) is 25.8 Å². The molecule has 1 aromatic carbocycles. The lowest BCUT2D eigenvalue weighted by atomic mass is 10.1. The zero-order chi connectivity index (χ0) is 18.6. The molecule has 2 amide bonds. The van der Waals surface area contributed by atoms with Crippen molar-refractivity contribution in [2.75, 3.05) is 0 Å². The number of nitrogens with one attached hydrogen (secondary N) is 3. The first kappa shape index (κ1) is 17.4. The van der Waals surface area contributed by atoms with Gasteiger partial charge in [-0.2, -0.15) is 5.10 Å². The van der Waals surface area contributed by atoms with Crippen LogP contribution in [0.4, 0.5) is 0 Å². The Balaban J connectivity index is 1.54. The van der Waals surface area contributed by atoms with Gasteiger partial charge in [-0.05, 0) is 30.9 Å². The standard InChI is InChI=1S/C19H19N5O2S/c25-17(14-8-9-20-24-14)22-15(10-12-4-2-1-3-5-12)19-23-16(11-27-19)18(26)21-13-6-7-13/h1-5,8-9,11,13,15H,6-7,10H2,(H,20,24)(H,21,26)(H,22,25)/t15-/m1/s1. The molecule has 7 nitrogen and oxygen atoms in total. The second kappa shape index (κ2) is 7.71. The SMILES string of the molecule is O=C(NC1CC1)c1csc([C@@H](Cc2ccccc2)NC(=O)c2ccn[nH]2)n1. The number of rotatable bonds is 7. The highest BCUT2D eigenvalue weighted by molar-refractivity contribution is 7.09. The van der Waals surface area contributed by atoms with Gasteiger partial charge in [-0.1, -0.05) is 30.3 Å². The van der Waals surface area contributed by atoms with E-state index in [1.54, 1.807) is 11.4 Å². The van der Waals surface area contributed by atoms with Gasteiger partial charge in [0, 0.05) is 17.6 Å². The van der Waals surface area contributed by atoms with Crippen LogP contribution in [0.3, 0.4) is 0 Å². The smallest absolute Gasteiger partial charge is 0.270 e. The van der Waals surface area contributed by atoms with Crippen LogP contribution in [0.25, 0.3) is 0 Å². The average molecular weight is 381 g/mol. The van der Waals surface area contributed by atoms with Gasteiger partial charge in [0.1, 0.15) is 16.4 Å². The first-order chi connectivity index (χ1) is 13.2. The van der Waals surface area contributed by atoms with Gasteiger partial charge < -0.3 is 10.6 Å². The van der Waals surface area contributed by atoms with Crippen LogP contribution in [0, 0.1) is 0 Å². The zero-order valence-corrected chi connectivity index (χ0v) is 15.3. The van der Waals surface area contributed by atoms with Gasteiger partial charge in [-0.25, -0.2) is 4.98 Å². The predicted octanol–water partition coefficient (Wildman–Crippen LogP) is 2.47. The van der Waals surface area contributed by atoms with E-state index in [2.05, 4.69) is 25.8 Å².